The molecule has 2 aromatic rings. The highest BCUT2D eigenvalue weighted by atomic mass is 35.5. The van der Waals surface area contributed by atoms with Crippen LogP contribution in [0.1, 0.15) is 21.9 Å². The van der Waals surface area contributed by atoms with Gasteiger partial charge in [0, 0.05) is 17.4 Å². The number of amidine groups is 1. The number of anilines is 1. The first-order valence-electron chi connectivity index (χ1n) is 9.52. The Balaban J connectivity index is 1.54. The molecule has 3 unspecified atom stereocenters. The largest absolute Gasteiger partial charge is 0.465 e. The molecule has 4 heterocycles. The lowest BCUT2D eigenvalue weighted by atomic mass is 9.79. The van der Waals surface area contributed by atoms with Crippen molar-refractivity contribution >= 4 is 40.7 Å². The summed E-state index contributed by atoms with van der Waals surface area (Å²) in [6.45, 7) is -3.64. The lowest BCUT2D eigenvalue weighted by Crippen LogP contribution is -2.54. The lowest BCUT2D eigenvalue weighted by Gasteiger charge is -2.44. The molecule has 0 radical (unpaired) electrons. The number of pyridine rings is 1. The van der Waals surface area contributed by atoms with Crippen LogP contribution in [0, 0.1) is 5.92 Å². The molecule has 0 aliphatic carbocycles. The number of hydrogen-bond donors (Lipinski definition) is 2. The number of rotatable bonds is 5. The van der Waals surface area contributed by atoms with E-state index in [9.17, 15) is 26.7 Å². The molecular weight excluding hydrogens is 513 g/mol. The molecule has 3 N–H and O–H groups in total. The van der Waals surface area contributed by atoms with E-state index in [4.69, 9.17) is 26.8 Å². The number of alkyl halides is 5. The molecule has 2 aliphatic rings. The zero-order valence-corrected chi connectivity index (χ0v) is 18.4. The van der Waals surface area contributed by atoms with E-state index in [1.807, 2.05) is 0 Å². The van der Waals surface area contributed by atoms with Crippen LogP contribution < -0.4 is 15.8 Å². The van der Waals surface area contributed by atoms with Crippen LogP contribution in [0.3, 0.4) is 0 Å². The maximum Gasteiger partial charge on any atom is 0.414 e. The van der Waals surface area contributed by atoms with Gasteiger partial charge in [-0.15, -0.1) is 11.3 Å². The van der Waals surface area contributed by atoms with Gasteiger partial charge in [0.2, 0.25) is 0 Å². The van der Waals surface area contributed by atoms with Gasteiger partial charge in [-0.05, 0) is 6.42 Å². The second kappa shape index (κ2) is 9.11. The highest BCUT2D eigenvalue weighted by molar-refractivity contribution is 7.10. The summed E-state index contributed by atoms with van der Waals surface area (Å²) in [5.74, 6) is -1.82. The number of ether oxygens (including phenoxy) is 3. The van der Waals surface area contributed by atoms with Gasteiger partial charge in [0.1, 0.15) is 27.8 Å². The molecule has 0 spiro atoms. The SMILES string of the molecule is NC1=NC2(c3nc(NC(=O)c4ncc(OC(F)F)cc4Cl)cs3)COC(C(F)(F)F)CC2CO1. The molecule has 1 saturated heterocycles. The monoisotopic (exact) mass is 527 g/mol. The topological polar surface area (TPSA) is 121 Å². The minimum atomic E-state index is -4.55. The Hall–Kier alpha value is -2.78. The van der Waals surface area contributed by atoms with E-state index in [-0.39, 0.29) is 39.9 Å². The molecule has 184 valence electrons. The van der Waals surface area contributed by atoms with Crippen molar-refractivity contribution in [2.45, 2.75) is 30.9 Å². The minimum Gasteiger partial charge on any atom is -0.465 e. The molecular formula is C18H15ClF5N5O4S. The number of fused-ring (bicyclic) bond motifs is 1. The number of aliphatic imine (C=N–C) groups is 1. The summed E-state index contributed by atoms with van der Waals surface area (Å²) in [5.41, 5.74) is 4.09. The normalized spacial score (nSPS) is 24.7. The summed E-state index contributed by atoms with van der Waals surface area (Å²) in [6, 6.07) is 0.787. The minimum absolute atomic E-state index is 0.0436. The van der Waals surface area contributed by atoms with Crippen LogP contribution in [0.2, 0.25) is 5.02 Å². The highest BCUT2D eigenvalue weighted by Gasteiger charge is 2.56. The molecule has 34 heavy (non-hydrogen) atoms. The molecule has 0 saturated carbocycles. The predicted molar refractivity (Wildman–Crippen MR) is 109 cm³/mol. The van der Waals surface area contributed by atoms with Crippen LogP contribution in [0.4, 0.5) is 27.8 Å². The number of nitrogens with one attached hydrogen (secondary N) is 1. The van der Waals surface area contributed by atoms with E-state index < -0.39 is 49.3 Å². The van der Waals surface area contributed by atoms with E-state index in [0.29, 0.717) is 0 Å². The van der Waals surface area contributed by atoms with Crippen molar-refractivity contribution in [2.75, 3.05) is 18.5 Å². The maximum atomic E-state index is 13.2. The third-order valence-corrected chi connectivity index (χ3v) is 6.46. The number of thiazole rings is 1. The zero-order valence-electron chi connectivity index (χ0n) is 16.8. The number of nitrogens with two attached hydrogens (primary N) is 1. The third-order valence-electron chi connectivity index (χ3n) is 5.16. The van der Waals surface area contributed by atoms with Gasteiger partial charge in [-0.3, -0.25) is 4.79 Å². The molecule has 16 heteroatoms. The Morgan fingerprint density at radius 3 is 2.85 bits per heavy atom. The van der Waals surface area contributed by atoms with E-state index in [0.717, 1.165) is 23.6 Å². The number of amides is 1. The zero-order chi connectivity index (χ0) is 24.7. The van der Waals surface area contributed by atoms with Crippen molar-refractivity contribution in [2.24, 2.45) is 16.6 Å². The van der Waals surface area contributed by atoms with Gasteiger partial charge in [-0.2, -0.15) is 22.0 Å². The second-order valence-corrected chi connectivity index (χ2v) is 8.60. The third kappa shape index (κ3) is 4.86. The van der Waals surface area contributed by atoms with E-state index in [1.165, 1.54) is 5.38 Å². The average molecular weight is 528 g/mol. The molecule has 2 aromatic heterocycles. The summed E-state index contributed by atoms with van der Waals surface area (Å²) in [6.07, 6.45) is -6.04. The smallest absolute Gasteiger partial charge is 0.414 e. The maximum absolute atomic E-state index is 13.2. The summed E-state index contributed by atoms with van der Waals surface area (Å²) in [5, 5.41) is 3.91. The van der Waals surface area contributed by atoms with Crippen molar-refractivity contribution in [3.8, 4) is 5.75 Å². The van der Waals surface area contributed by atoms with Crippen molar-refractivity contribution in [3.63, 3.8) is 0 Å². The Kier molecular flexibility index (Phi) is 6.52. The van der Waals surface area contributed by atoms with E-state index in [2.05, 4.69) is 25.0 Å². The summed E-state index contributed by atoms with van der Waals surface area (Å²) >= 11 is 6.97. The fraction of sp³-hybridized carbons (Fsp3) is 0.444. The van der Waals surface area contributed by atoms with Gasteiger partial charge >= 0.3 is 12.8 Å². The quantitative estimate of drug-likeness (QED) is 0.570. The van der Waals surface area contributed by atoms with Gasteiger partial charge in [0.05, 0.1) is 24.4 Å². The van der Waals surface area contributed by atoms with Crippen LogP contribution in [0.5, 0.6) is 5.75 Å². The number of hydrogen-bond acceptors (Lipinski definition) is 9. The molecule has 9 nitrogen and oxygen atoms in total. The molecule has 0 bridgehead atoms. The van der Waals surface area contributed by atoms with E-state index >= 15 is 0 Å². The van der Waals surface area contributed by atoms with Gasteiger partial charge in [-0.25, -0.2) is 15.0 Å². The van der Waals surface area contributed by atoms with Gasteiger partial charge in [0.15, 0.2) is 6.10 Å². The fourth-order valence-electron chi connectivity index (χ4n) is 3.58. The van der Waals surface area contributed by atoms with Crippen molar-refractivity contribution < 1.29 is 41.0 Å². The summed E-state index contributed by atoms with van der Waals surface area (Å²) in [7, 11) is 0. The standard InChI is InChI=1S/C18H15ClF5N5O4S/c19-9-2-8(33-15(20)21)3-26-12(9)13(30)27-11-5-34-14(28-11)17-6-32-10(18(22,23)24)1-7(17)4-31-16(25)29-17/h2-3,5,7,10,15H,1,4,6H2,(H2,25,29)(H,27,30). The van der Waals surface area contributed by atoms with Crippen LogP contribution in [-0.2, 0) is 15.0 Å². The number of carbonyl (C=O) groups excluding carboxylic acids is 1. The van der Waals surface area contributed by atoms with Crippen LogP contribution >= 0.6 is 22.9 Å². The fourth-order valence-corrected chi connectivity index (χ4v) is 4.79. The van der Waals surface area contributed by atoms with Gasteiger partial charge in [0.25, 0.3) is 11.9 Å². The first-order chi connectivity index (χ1) is 16.0. The summed E-state index contributed by atoms with van der Waals surface area (Å²) < 4.78 is 78.6. The first-order valence-corrected chi connectivity index (χ1v) is 10.8. The molecule has 1 amide bonds. The Bertz CT molecular complexity index is 1120. The van der Waals surface area contributed by atoms with Crippen molar-refractivity contribution in [1.29, 1.82) is 0 Å². The second-order valence-electron chi connectivity index (χ2n) is 7.33. The van der Waals surface area contributed by atoms with Crippen LogP contribution in [0.25, 0.3) is 0 Å². The van der Waals surface area contributed by atoms with Gasteiger partial charge < -0.3 is 25.3 Å². The average Bonchev–Trinajstić information content (AvgIpc) is 3.21. The number of aromatic nitrogens is 2. The number of nitrogens with zero attached hydrogens (tertiary/aromatic N) is 3. The number of halogens is 6. The predicted octanol–water partition coefficient (Wildman–Crippen LogP) is 3.55. The molecule has 3 atom stereocenters. The Labute approximate surface area is 197 Å². The van der Waals surface area contributed by atoms with E-state index in [1.54, 1.807) is 0 Å². The number of carbonyl (C=O) groups is 1. The molecule has 4 rings (SSSR count). The van der Waals surface area contributed by atoms with Crippen molar-refractivity contribution in [1.82, 2.24) is 9.97 Å². The highest BCUT2D eigenvalue weighted by Crippen LogP contribution is 2.47. The van der Waals surface area contributed by atoms with Crippen molar-refractivity contribution in [3.05, 3.63) is 33.4 Å². The summed E-state index contributed by atoms with van der Waals surface area (Å²) in [4.78, 5) is 24.8. The van der Waals surface area contributed by atoms with Gasteiger partial charge in [-0.1, -0.05) is 11.6 Å². The van der Waals surface area contributed by atoms with Crippen LogP contribution in [0.15, 0.2) is 22.6 Å². The first kappa shape index (κ1) is 24.3. The molecule has 1 fully saturated rings. The Morgan fingerprint density at radius 1 is 1.41 bits per heavy atom. The lowest BCUT2D eigenvalue weighted by molar-refractivity contribution is -0.249. The molecule has 2 aliphatic heterocycles. The van der Waals surface area contributed by atoms with Crippen LogP contribution in [-0.4, -0.2) is 54.0 Å². The molecule has 0 aromatic carbocycles. The Morgan fingerprint density at radius 2 is 2.18 bits per heavy atom.